The lowest BCUT2D eigenvalue weighted by atomic mass is 10.1. The largest absolute Gasteiger partial charge is 0.457 e. The Morgan fingerprint density at radius 2 is 1.97 bits per heavy atom. The van der Waals surface area contributed by atoms with E-state index in [0.29, 0.717) is 36.6 Å². The Kier molecular flexibility index (Phi) is 6.42. The third-order valence-corrected chi connectivity index (χ3v) is 5.47. The summed E-state index contributed by atoms with van der Waals surface area (Å²) in [5, 5.41) is 0. The SMILES string of the molecule is CCCCn1c(=O)[nH]c(=O)c2c1nc(COC(=O)C1CC(=O)N(C(C)C)C1)n2CC. The molecule has 30 heavy (non-hydrogen) atoms. The third kappa shape index (κ3) is 4.03. The second-order valence-electron chi connectivity index (χ2n) is 7.86. The summed E-state index contributed by atoms with van der Waals surface area (Å²) in [5.74, 6) is -0.629. The molecule has 0 aromatic carbocycles. The minimum absolute atomic E-state index is 0.0335. The van der Waals surface area contributed by atoms with E-state index in [2.05, 4.69) is 9.97 Å². The molecule has 1 atom stereocenters. The molecular formula is C20H29N5O5. The molecule has 3 rings (SSSR count). The molecule has 1 N–H and O–H groups in total. The van der Waals surface area contributed by atoms with E-state index in [-0.39, 0.29) is 25.0 Å². The number of likely N-dealkylation sites (tertiary alicyclic amines) is 1. The van der Waals surface area contributed by atoms with Crippen molar-refractivity contribution in [2.45, 2.75) is 72.7 Å². The Labute approximate surface area is 173 Å². The van der Waals surface area contributed by atoms with Gasteiger partial charge in [-0.2, -0.15) is 0 Å². The summed E-state index contributed by atoms with van der Waals surface area (Å²) in [6.07, 6.45) is 1.80. The van der Waals surface area contributed by atoms with E-state index in [1.54, 1.807) is 9.47 Å². The van der Waals surface area contributed by atoms with E-state index in [1.165, 1.54) is 4.57 Å². The molecule has 1 aliphatic heterocycles. The number of amides is 1. The molecule has 164 valence electrons. The second kappa shape index (κ2) is 8.85. The van der Waals surface area contributed by atoms with Crippen molar-refractivity contribution < 1.29 is 14.3 Å². The number of nitrogens with zero attached hydrogens (tertiary/aromatic N) is 4. The van der Waals surface area contributed by atoms with Gasteiger partial charge in [-0.25, -0.2) is 9.78 Å². The number of hydrogen-bond acceptors (Lipinski definition) is 6. The Morgan fingerprint density at radius 3 is 2.57 bits per heavy atom. The van der Waals surface area contributed by atoms with Crippen LogP contribution in [0.15, 0.2) is 9.59 Å². The second-order valence-corrected chi connectivity index (χ2v) is 7.86. The molecule has 0 bridgehead atoms. The molecule has 10 nitrogen and oxygen atoms in total. The van der Waals surface area contributed by atoms with Crippen LogP contribution in [0, 0.1) is 5.92 Å². The topological polar surface area (TPSA) is 119 Å². The lowest BCUT2D eigenvalue weighted by Gasteiger charge is -2.20. The molecule has 2 aromatic heterocycles. The van der Waals surface area contributed by atoms with Crippen LogP contribution in [-0.2, 0) is 34.0 Å². The minimum Gasteiger partial charge on any atom is -0.457 e. The zero-order chi connectivity index (χ0) is 22.0. The Morgan fingerprint density at radius 1 is 1.23 bits per heavy atom. The molecule has 0 saturated carbocycles. The summed E-state index contributed by atoms with van der Waals surface area (Å²) in [6, 6.07) is 0.0335. The fraction of sp³-hybridized carbons (Fsp3) is 0.650. The number of aromatic amines is 1. The summed E-state index contributed by atoms with van der Waals surface area (Å²) in [4.78, 5) is 57.7. The van der Waals surface area contributed by atoms with Crippen LogP contribution in [0.25, 0.3) is 11.2 Å². The van der Waals surface area contributed by atoms with Gasteiger partial charge in [-0.05, 0) is 27.2 Å². The standard InChI is InChI=1S/C20H29N5O5/c1-5-7-8-24-17-16(18(27)22-20(24)29)23(6-2)14(21-17)11-30-19(28)13-9-15(26)25(10-13)12(3)4/h12-13H,5-11H2,1-4H3,(H,22,27,29). The molecule has 3 heterocycles. The normalized spacial score (nSPS) is 16.8. The average Bonchev–Trinajstić information content (AvgIpc) is 3.26. The third-order valence-electron chi connectivity index (χ3n) is 5.47. The first-order valence-corrected chi connectivity index (χ1v) is 10.5. The Bertz CT molecular complexity index is 1060. The number of fused-ring (bicyclic) bond motifs is 1. The molecule has 0 radical (unpaired) electrons. The van der Waals surface area contributed by atoms with E-state index < -0.39 is 23.1 Å². The van der Waals surface area contributed by atoms with Gasteiger partial charge in [0.2, 0.25) is 5.91 Å². The Hall–Kier alpha value is -2.91. The van der Waals surface area contributed by atoms with Crippen LogP contribution in [0.1, 0.15) is 52.8 Å². The number of carbonyl (C=O) groups is 2. The van der Waals surface area contributed by atoms with Crippen molar-refractivity contribution >= 4 is 23.0 Å². The first-order valence-electron chi connectivity index (χ1n) is 10.5. The number of ether oxygens (including phenoxy) is 1. The summed E-state index contributed by atoms with van der Waals surface area (Å²) in [6.45, 7) is 8.76. The summed E-state index contributed by atoms with van der Waals surface area (Å²) in [5.41, 5.74) is -0.416. The fourth-order valence-electron chi connectivity index (χ4n) is 3.83. The molecule has 1 aliphatic rings. The monoisotopic (exact) mass is 419 g/mol. The number of esters is 1. The molecule has 0 spiro atoms. The summed E-state index contributed by atoms with van der Waals surface area (Å²) in [7, 11) is 0. The molecule has 1 fully saturated rings. The smallest absolute Gasteiger partial charge is 0.330 e. The number of imidazole rings is 1. The van der Waals surface area contributed by atoms with Crippen molar-refractivity contribution in [3.8, 4) is 0 Å². The maximum atomic E-state index is 12.5. The number of H-pyrrole nitrogens is 1. The lowest BCUT2D eigenvalue weighted by molar-refractivity contribution is -0.150. The predicted molar refractivity (Wildman–Crippen MR) is 110 cm³/mol. The maximum Gasteiger partial charge on any atom is 0.330 e. The predicted octanol–water partition coefficient (Wildman–Crippen LogP) is 1.01. The van der Waals surface area contributed by atoms with Gasteiger partial charge < -0.3 is 14.2 Å². The van der Waals surface area contributed by atoms with E-state index in [4.69, 9.17) is 4.74 Å². The van der Waals surface area contributed by atoms with E-state index in [9.17, 15) is 19.2 Å². The number of aromatic nitrogens is 4. The van der Waals surface area contributed by atoms with Gasteiger partial charge in [-0.15, -0.1) is 0 Å². The molecule has 10 heteroatoms. The van der Waals surface area contributed by atoms with E-state index >= 15 is 0 Å². The highest BCUT2D eigenvalue weighted by molar-refractivity contribution is 5.87. The number of nitrogens with one attached hydrogen (secondary N) is 1. The first kappa shape index (κ1) is 21.8. The lowest BCUT2D eigenvalue weighted by Crippen LogP contribution is -2.33. The van der Waals surface area contributed by atoms with E-state index in [0.717, 1.165) is 12.8 Å². The van der Waals surface area contributed by atoms with Crippen molar-refractivity contribution in [1.29, 1.82) is 0 Å². The number of aryl methyl sites for hydroxylation is 2. The van der Waals surface area contributed by atoms with Gasteiger partial charge in [0.25, 0.3) is 5.56 Å². The van der Waals surface area contributed by atoms with Gasteiger partial charge in [-0.3, -0.25) is 23.9 Å². The molecule has 1 amide bonds. The van der Waals surface area contributed by atoms with Crippen LogP contribution >= 0.6 is 0 Å². The fourth-order valence-corrected chi connectivity index (χ4v) is 3.83. The van der Waals surface area contributed by atoms with Crippen LogP contribution in [0.5, 0.6) is 0 Å². The molecule has 2 aromatic rings. The molecule has 0 aliphatic carbocycles. The summed E-state index contributed by atoms with van der Waals surface area (Å²) >= 11 is 0. The maximum absolute atomic E-state index is 12.5. The number of carbonyl (C=O) groups excluding carboxylic acids is 2. The van der Waals surface area contributed by atoms with Crippen molar-refractivity contribution in [3.63, 3.8) is 0 Å². The van der Waals surface area contributed by atoms with Crippen molar-refractivity contribution in [2.75, 3.05) is 6.54 Å². The quantitative estimate of drug-likeness (QED) is 0.638. The van der Waals surface area contributed by atoms with Gasteiger partial charge in [0.15, 0.2) is 11.2 Å². The number of hydrogen-bond donors (Lipinski definition) is 1. The van der Waals surface area contributed by atoms with Gasteiger partial charge in [0, 0.05) is 32.1 Å². The van der Waals surface area contributed by atoms with Gasteiger partial charge >= 0.3 is 11.7 Å². The van der Waals surface area contributed by atoms with Crippen LogP contribution < -0.4 is 11.2 Å². The van der Waals surface area contributed by atoms with Gasteiger partial charge in [0.1, 0.15) is 12.4 Å². The van der Waals surface area contributed by atoms with Gasteiger partial charge in [0.05, 0.1) is 5.92 Å². The molecular weight excluding hydrogens is 390 g/mol. The zero-order valence-electron chi connectivity index (χ0n) is 17.9. The molecule has 1 saturated heterocycles. The number of rotatable bonds is 8. The van der Waals surface area contributed by atoms with Crippen molar-refractivity contribution in [3.05, 3.63) is 26.7 Å². The zero-order valence-corrected chi connectivity index (χ0v) is 17.9. The molecule has 1 unspecified atom stereocenters. The average molecular weight is 419 g/mol. The van der Waals surface area contributed by atoms with E-state index in [1.807, 2.05) is 27.7 Å². The van der Waals surface area contributed by atoms with Gasteiger partial charge in [-0.1, -0.05) is 13.3 Å². The highest BCUT2D eigenvalue weighted by Crippen LogP contribution is 2.22. The highest BCUT2D eigenvalue weighted by Gasteiger charge is 2.36. The highest BCUT2D eigenvalue weighted by atomic mass is 16.5. The number of unbranched alkanes of at least 4 members (excludes halogenated alkanes) is 1. The first-order chi connectivity index (χ1) is 14.3. The minimum atomic E-state index is -0.511. The van der Waals surface area contributed by atoms with Crippen LogP contribution in [0.2, 0.25) is 0 Å². The van der Waals surface area contributed by atoms with Crippen molar-refractivity contribution in [1.82, 2.24) is 24.0 Å². The van der Waals surface area contributed by atoms with Crippen LogP contribution in [0.4, 0.5) is 0 Å². The van der Waals surface area contributed by atoms with Crippen LogP contribution in [0.3, 0.4) is 0 Å². The Balaban J connectivity index is 1.85. The summed E-state index contributed by atoms with van der Waals surface area (Å²) < 4.78 is 8.56. The van der Waals surface area contributed by atoms with Crippen LogP contribution in [-0.4, -0.2) is 48.5 Å². The van der Waals surface area contributed by atoms with Crippen molar-refractivity contribution in [2.24, 2.45) is 5.92 Å².